The minimum atomic E-state index is -4.25. The van der Waals surface area contributed by atoms with Crippen LogP contribution < -0.4 is 0 Å². The van der Waals surface area contributed by atoms with E-state index in [1.807, 2.05) is 0 Å². The van der Waals surface area contributed by atoms with Crippen molar-refractivity contribution in [1.29, 1.82) is 0 Å². The summed E-state index contributed by atoms with van der Waals surface area (Å²) in [5.74, 6) is 0. The maximum atomic E-state index is 10.4. The fourth-order valence-electron chi connectivity index (χ4n) is 3.22. The molecule has 0 amide bonds. The molecule has 0 fully saturated rings. The van der Waals surface area contributed by atoms with Gasteiger partial charge >= 0.3 is 10.4 Å². The van der Waals surface area contributed by atoms with E-state index in [4.69, 9.17) is 4.55 Å². The Kier molecular flexibility index (Phi) is 24.4. The highest BCUT2D eigenvalue weighted by Gasteiger charge is 2.02. The van der Waals surface area contributed by atoms with Crippen LogP contribution in [0.5, 0.6) is 0 Å². The number of allylic oxidation sites excluding steroid dienone is 2. The van der Waals surface area contributed by atoms with E-state index in [9.17, 15) is 8.42 Å². The average molecular weight is 421 g/mol. The van der Waals surface area contributed by atoms with Gasteiger partial charge in [0.2, 0.25) is 0 Å². The Labute approximate surface area is 176 Å². The van der Waals surface area contributed by atoms with Gasteiger partial charge in [-0.1, -0.05) is 110 Å². The second-order valence-corrected chi connectivity index (χ2v) is 8.69. The summed E-state index contributed by atoms with van der Waals surface area (Å²) in [5.41, 5.74) is 0. The minimum Gasteiger partial charge on any atom is -0.264 e. The molecule has 5 heteroatoms. The van der Waals surface area contributed by atoms with Crippen molar-refractivity contribution in [2.75, 3.05) is 6.61 Å². The van der Waals surface area contributed by atoms with E-state index in [2.05, 4.69) is 23.3 Å². The molecule has 0 radical (unpaired) electrons. The largest absolute Gasteiger partial charge is 0.397 e. The molecule has 0 unspecified atom stereocenters. The summed E-state index contributed by atoms with van der Waals surface area (Å²) >= 11 is 0. The molecule has 0 aliphatic carbocycles. The molecule has 0 aromatic heterocycles. The van der Waals surface area contributed by atoms with Gasteiger partial charge in [0.15, 0.2) is 0 Å². The molecule has 1 N–H and O–H groups in total. The molecular weight excluding hydrogens is 372 g/mol. The van der Waals surface area contributed by atoms with Crippen LogP contribution in [-0.2, 0) is 14.6 Å². The molecule has 28 heavy (non-hydrogen) atoms. The van der Waals surface area contributed by atoms with E-state index >= 15 is 0 Å². The Morgan fingerprint density at radius 1 is 0.643 bits per heavy atom. The zero-order chi connectivity index (χ0) is 20.1. The molecule has 4 nitrogen and oxygen atoms in total. The van der Waals surface area contributed by atoms with Crippen molar-refractivity contribution >= 4 is 10.4 Å². The fourth-order valence-corrected chi connectivity index (χ4v) is 3.55. The van der Waals surface area contributed by atoms with Gasteiger partial charge in [-0.3, -0.25) is 4.55 Å². The van der Waals surface area contributed by atoms with Crippen molar-refractivity contribution in [2.45, 2.75) is 130 Å². The lowest BCUT2D eigenvalue weighted by Crippen LogP contribution is -2.04. The Bertz CT molecular complexity index is 418. The first kappa shape index (κ1) is 29.8. The van der Waals surface area contributed by atoms with Gasteiger partial charge in [-0.25, -0.2) is 4.18 Å². The molecule has 0 atom stereocenters. The smallest absolute Gasteiger partial charge is 0.264 e. The minimum absolute atomic E-state index is 0. The molecule has 0 heterocycles. The Hall–Kier alpha value is -0.390. The fraction of sp³-hybridized carbons (Fsp3) is 0.913. The van der Waals surface area contributed by atoms with E-state index in [-0.39, 0.29) is 14.0 Å². The van der Waals surface area contributed by atoms with Crippen molar-refractivity contribution < 1.29 is 17.2 Å². The van der Waals surface area contributed by atoms with Gasteiger partial charge in [-0.2, -0.15) is 8.42 Å². The van der Waals surface area contributed by atoms with Crippen LogP contribution >= 0.6 is 0 Å². The second-order valence-electron chi connectivity index (χ2n) is 7.60. The summed E-state index contributed by atoms with van der Waals surface area (Å²) in [6.07, 6.45) is 27.4. The molecule has 0 bridgehead atoms. The molecule has 0 rings (SSSR count). The normalized spacial score (nSPS) is 11.8. The molecule has 0 aromatic rings. The van der Waals surface area contributed by atoms with Crippen LogP contribution in [0.25, 0.3) is 0 Å². The summed E-state index contributed by atoms with van der Waals surface area (Å²) < 4.78 is 33.4. The lowest BCUT2D eigenvalue weighted by atomic mass is 10.1. The van der Waals surface area contributed by atoms with Crippen LogP contribution in [0.3, 0.4) is 0 Å². The van der Waals surface area contributed by atoms with Crippen LogP contribution in [0.4, 0.5) is 0 Å². The van der Waals surface area contributed by atoms with Gasteiger partial charge in [0, 0.05) is 0 Å². The molecule has 0 spiro atoms. The Morgan fingerprint density at radius 2 is 1.00 bits per heavy atom. The van der Waals surface area contributed by atoms with Crippen LogP contribution in [0, 0.1) is 0 Å². The Morgan fingerprint density at radius 3 is 1.39 bits per heavy atom. The molecule has 170 valence electrons. The number of unbranched alkanes of at least 4 members (excludes halogenated alkanes) is 16. The number of rotatable bonds is 21. The van der Waals surface area contributed by atoms with Crippen molar-refractivity contribution in [3.63, 3.8) is 0 Å². The van der Waals surface area contributed by atoms with E-state index < -0.39 is 10.4 Å². The highest BCUT2D eigenvalue weighted by atomic mass is 32.3. The van der Waals surface area contributed by atoms with E-state index in [1.165, 1.54) is 96.3 Å². The quantitative estimate of drug-likeness (QED) is 0.116. The second kappa shape index (κ2) is 22.9. The van der Waals surface area contributed by atoms with Crippen LogP contribution in [0.15, 0.2) is 12.2 Å². The van der Waals surface area contributed by atoms with Crippen molar-refractivity contribution in [3.8, 4) is 0 Å². The van der Waals surface area contributed by atoms with Gasteiger partial charge < -0.3 is 0 Å². The van der Waals surface area contributed by atoms with E-state index in [1.54, 1.807) is 0 Å². The first-order chi connectivity index (χ1) is 13.1. The maximum Gasteiger partial charge on any atom is 0.397 e. The molecule has 0 saturated heterocycles. The lowest BCUT2D eigenvalue weighted by Gasteiger charge is -2.02. The first-order valence-electron chi connectivity index (χ1n) is 11.3. The third-order valence-electron chi connectivity index (χ3n) is 4.89. The zero-order valence-corrected chi connectivity index (χ0v) is 18.5. The molecule has 0 aromatic carbocycles. The predicted octanol–water partition coefficient (Wildman–Crippen LogP) is 8.04. The van der Waals surface area contributed by atoms with E-state index in [0.717, 1.165) is 12.8 Å². The maximum absolute atomic E-state index is 10.4. The summed E-state index contributed by atoms with van der Waals surface area (Å²) in [4.78, 5) is 0. The van der Waals surface area contributed by atoms with Crippen LogP contribution in [-0.4, -0.2) is 19.6 Å². The molecule has 0 aliphatic rings. The standard InChI is InChI=1S/C22H44O4S.CH4/c1-2-3-4-5-6-7-8-9-10-11-12-13-14-15-16-17-18-19-20-21-22-26-27(23,24)25;/h9-10H,2-8,11-22H2,1H3,(H,23,24,25);1H4/b10-9-;. The SMILES string of the molecule is C.CCCCCCCC/C=C\CCCCCCCCCCCCOS(=O)(=O)O. The summed E-state index contributed by atoms with van der Waals surface area (Å²) in [5, 5.41) is 0. The molecular formula is C23H48O4S. The predicted molar refractivity (Wildman–Crippen MR) is 122 cm³/mol. The summed E-state index contributed by atoms with van der Waals surface area (Å²) in [7, 11) is -4.25. The molecule has 0 aliphatic heterocycles. The van der Waals surface area contributed by atoms with Gasteiger partial charge in [0.05, 0.1) is 6.61 Å². The average Bonchev–Trinajstić information content (AvgIpc) is 2.62. The lowest BCUT2D eigenvalue weighted by molar-refractivity contribution is 0.261. The first-order valence-corrected chi connectivity index (χ1v) is 12.7. The van der Waals surface area contributed by atoms with Gasteiger partial charge in [-0.05, 0) is 32.1 Å². The zero-order valence-electron chi connectivity index (χ0n) is 17.7. The summed E-state index contributed by atoms with van der Waals surface area (Å²) in [6.45, 7) is 2.36. The number of hydrogen-bond acceptors (Lipinski definition) is 3. The highest BCUT2D eigenvalue weighted by Crippen LogP contribution is 2.12. The summed E-state index contributed by atoms with van der Waals surface area (Å²) in [6, 6.07) is 0. The third kappa shape index (κ3) is 27.8. The molecule has 0 saturated carbocycles. The van der Waals surface area contributed by atoms with Crippen LogP contribution in [0.2, 0.25) is 0 Å². The monoisotopic (exact) mass is 420 g/mol. The highest BCUT2D eigenvalue weighted by molar-refractivity contribution is 7.80. The van der Waals surface area contributed by atoms with Gasteiger partial charge in [0.1, 0.15) is 0 Å². The Balaban J connectivity index is 0. The van der Waals surface area contributed by atoms with Crippen molar-refractivity contribution in [3.05, 3.63) is 12.2 Å². The van der Waals surface area contributed by atoms with Gasteiger partial charge in [-0.15, -0.1) is 0 Å². The number of hydrogen-bond donors (Lipinski definition) is 1. The van der Waals surface area contributed by atoms with Crippen molar-refractivity contribution in [2.24, 2.45) is 0 Å². The van der Waals surface area contributed by atoms with Crippen LogP contribution in [0.1, 0.15) is 130 Å². The van der Waals surface area contributed by atoms with Crippen molar-refractivity contribution in [1.82, 2.24) is 0 Å². The third-order valence-corrected chi connectivity index (χ3v) is 5.35. The van der Waals surface area contributed by atoms with Gasteiger partial charge in [0.25, 0.3) is 0 Å². The topological polar surface area (TPSA) is 63.6 Å². The van der Waals surface area contributed by atoms with E-state index in [0.29, 0.717) is 6.42 Å².